The molecule has 0 saturated carbocycles. The lowest BCUT2D eigenvalue weighted by atomic mass is 10.1. The summed E-state index contributed by atoms with van der Waals surface area (Å²) in [6.07, 6.45) is -2.46. The Labute approximate surface area is 121 Å². The monoisotopic (exact) mass is 297 g/mol. The second-order valence-electron chi connectivity index (χ2n) is 5.23. The summed E-state index contributed by atoms with van der Waals surface area (Å²) in [5, 5.41) is 7.10. The number of aromatic nitrogens is 2. The number of rotatable bonds is 5. The standard InChI is InChI=1S/C15H18F3N3/c1-11(2)19-7-12-5-3-4-6-13(12)9-21-10-14(8-20-21)15(16,17)18/h3-6,8,10-11,19H,7,9H2,1-2H3. The molecule has 1 N–H and O–H groups in total. The molecular formula is C15H18F3N3. The Bertz CT molecular complexity index is 588. The maximum atomic E-state index is 12.6. The molecule has 3 nitrogen and oxygen atoms in total. The SMILES string of the molecule is CC(C)NCc1ccccc1Cn1cc(C(F)(F)F)cn1. The van der Waals surface area contributed by atoms with Gasteiger partial charge in [-0.2, -0.15) is 18.3 Å². The minimum Gasteiger partial charge on any atom is -0.310 e. The average Bonchev–Trinajstić information content (AvgIpc) is 2.86. The van der Waals surface area contributed by atoms with E-state index in [0.29, 0.717) is 19.1 Å². The van der Waals surface area contributed by atoms with E-state index in [9.17, 15) is 13.2 Å². The van der Waals surface area contributed by atoms with Crippen LogP contribution in [0.3, 0.4) is 0 Å². The molecule has 114 valence electrons. The van der Waals surface area contributed by atoms with Crippen molar-refractivity contribution in [1.29, 1.82) is 0 Å². The van der Waals surface area contributed by atoms with Gasteiger partial charge in [0.2, 0.25) is 0 Å². The fourth-order valence-corrected chi connectivity index (χ4v) is 1.97. The zero-order valence-electron chi connectivity index (χ0n) is 12.0. The van der Waals surface area contributed by atoms with E-state index in [2.05, 4.69) is 10.4 Å². The van der Waals surface area contributed by atoms with Crippen LogP contribution >= 0.6 is 0 Å². The van der Waals surface area contributed by atoms with Crippen LogP contribution in [0.2, 0.25) is 0 Å². The summed E-state index contributed by atoms with van der Waals surface area (Å²) >= 11 is 0. The number of nitrogens with one attached hydrogen (secondary N) is 1. The zero-order valence-corrected chi connectivity index (χ0v) is 12.0. The van der Waals surface area contributed by atoms with Crippen LogP contribution in [0.4, 0.5) is 13.2 Å². The number of alkyl halides is 3. The third-order valence-corrected chi connectivity index (χ3v) is 3.11. The second kappa shape index (κ2) is 6.30. The molecule has 0 atom stereocenters. The van der Waals surface area contributed by atoms with Crippen molar-refractivity contribution in [3.63, 3.8) is 0 Å². The summed E-state index contributed by atoms with van der Waals surface area (Å²) in [5.74, 6) is 0. The van der Waals surface area contributed by atoms with Gasteiger partial charge in [0.15, 0.2) is 0 Å². The summed E-state index contributed by atoms with van der Waals surface area (Å²) in [6, 6.07) is 8.03. The molecule has 0 bridgehead atoms. The largest absolute Gasteiger partial charge is 0.419 e. The Morgan fingerprint density at radius 3 is 2.43 bits per heavy atom. The lowest BCUT2D eigenvalue weighted by Gasteiger charge is -2.12. The van der Waals surface area contributed by atoms with Crippen LogP contribution in [0, 0.1) is 0 Å². The van der Waals surface area contributed by atoms with Crippen molar-refractivity contribution >= 4 is 0 Å². The van der Waals surface area contributed by atoms with Crippen molar-refractivity contribution < 1.29 is 13.2 Å². The van der Waals surface area contributed by atoms with Gasteiger partial charge in [-0.1, -0.05) is 38.1 Å². The molecule has 2 aromatic rings. The number of halogens is 3. The first-order chi connectivity index (χ1) is 9.86. The molecule has 0 aliphatic heterocycles. The first-order valence-corrected chi connectivity index (χ1v) is 6.76. The van der Waals surface area contributed by atoms with E-state index in [-0.39, 0.29) is 0 Å². The molecule has 21 heavy (non-hydrogen) atoms. The van der Waals surface area contributed by atoms with Gasteiger partial charge in [0.05, 0.1) is 18.3 Å². The normalized spacial score (nSPS) is 12.1. The molecule has 0 amide bonds. The van der Waals surface area contributed by atoms with Crippen molar-refractivity contribution in [1.82, 2.24) is 15.1 Å². The quantitative estimate of drug-likeness (QED) is 0.916. The highest BCUT2D eigenvalue weighted by Gasteiger charge is 2.32. The maximum Gasteiger partial charge on any atom is 0.419 e. The van der Waals surface area contributed by atoms with Gasteiger partial charge in [-0.25, -0.2) is 0 Å². The summed E-state index contributed by atoms with van der Waals surface area (Å²) < 4.78 is 39.0. The summed E-state index contributed by atoms with van der Waals surface area (Å²) in [4.78, 5) is 0. The fraction of sp³-hybridized carbons (Fsp3) is 0.400. The van der Waals surface area contributed by atoms with Crippen molar-refractivity contribution in [2.45, 2.75) is 39.2 Å². The zero-order chi connectivity index (χ0) is 15.5. The second-order valence-corrected chi connectivity index (χ2v) is 5.23. The molecule has 0 unspecified atom stereocenters. The van der Waals surface area contributed by atoms with E-state index in [1.807, 2.05) is 38.1 Å². The first kappa shape index (κ1) is 15.6. The van der Waals surface area contributed by atoms with Gasteiger partial charge in [0.25, 0.3) is 0 Å². The Morgan fingerprint density at radius 2 is 1.86 bits per heavy atom. The van der Waals surface area contributed by atoms with E-state index in [4.69, 9.17) is 0 Å². The lowest BCUT2D eigenvalue weighted by molar-refractivity contribution is -0.137. The molecule has 0 spiro atoms. The molecule has 6 heteroatoms. The van der Waals surface area contributed by atoms with Crippen molar-refractivity contribution in [3.8, 4) is 0 Å². The van der Waals surface area contributed by atoms with Gasteiger partial charge in [0, 0.05) is 18.8 Å². The van der Waals surface area contributed by atoms with Crippen LogP contribution in [0.5, 0.6) is 0 Å². The summed E-state index contributed by atoms with van der Waals surface area (Å²) in [5.41, 5.74) is 1.30. The highest BCUT2D eigenvalue weighted by molar-refractivity contribution is 5.27. The third-order valence-electron chi connectivity index (χ3n) is 3.11. The van der Waals surface area contributed by atoms with Gasteiger partial charge in [0.1, 0.15) is 0 Å². The highest BCUT2D eigenvalue weighted by atomic mass is 19.4. The predicted molar refractivity (Wildman–Crippen MR) is 74.7 cm³/mol. The van der Waals surface area contributed by atoms with Crippen LogP contribution in [0.1, 0.15) is 30.5 Å². The van der Waals surface area contributed by atoms with Gasteiger partial charge in [-0.3, -0.25) is 4.68 Å². The van der Waals surface area contributed by atoms with Gasteiger partial charge < -0.3 is 5.32 Å². The molecule has 0 radical (unpaired) electrons. The van der Waals surface area contributed by atoms with E-state index in [1.165, 1.54) is 4.68 Å². The predicted octanol–water partition coefficient (Wildman–Crippen LogP) is 3.45. The van der Waals surface area contributed by atoms with E-state index in [0.717, 1.165) is 23.5 Å². The summed E-state index contributed by atoms with van der Waals surface area (Å²) in [7, 11) is 0. The van der Waals surface area contributed by atoms with E-state index >= 15 is 0 Å². The molecule has 0 aliphatic carbocycles. The minimum absolute atomic E-state index is 0.325. The van der Waals surface area contributed by atoms with Crippen molar-refractivity contribution in [3.05, 3.63) is 53.3 Å². The van der Waals surface area contributed by atoms with Gasteiger partial charge in [-0.15, -0.1) is 0 Å². The number of nitrogens with zero attached hydrogens (tertiary/aromatic N) is 2. The molecule has 0 saturated heterocycles. The first-order valence-electron chi connectivity index (χ1n) is 6.76. The Hall–Kier alpha value is -1.82. The van der Waals surface area contributed by atoms with Crippen LogP contribution in [-0.2, 0) is 19.3 Å². The molecule has 2 rings (SSSR count). The Morgan fingerprint density at radius 1 is 1.19 bits per heavy atom. The van der Waals surface area contributed by atoms with E-state index < -0.39 is 11.7 Å². The third kappa shape index (κ3) is 4.32. The van der Waals surface area contributed by atoms with Crippen LogP contribution < -0.4 is 5.32 Å². The number of hydrogen-bond donors (Lipinski definition) is 1. The smallest absolute Gasteiger partial charge is 0.310 e. The number of hydrogen-bond acceptors (Lipinski definition) is 2. The van der Waals surface area contributed by atoms with Crippen LogP contribution in [-0.4, -0.2) is 15.8 Å². The maximum absolute atomic E-state index is 12.6. The van der Waals surface area contributed by atoms with Crippen LogP contribution in [0.25, 0.3) is 0 Å². The topological polar surface area (TPSA) is 29.9 Å². The average molecular weight is 297 g/mol. The molecule has 1 heterocycles. The molecule has 1 aromatic carbocycles. The Balaban J connectivity index is 2.14. The summed E-state index contributed by atoms with van der Waals surface area (Å²) in [6.45, 7) is 5.10. The van der Waals surface area contributed by atoms with Crippen molar-refractivity contribution in [2.75, 3.05) is 0 Å². The Kier molecular flexibility index (Phi) is 4.67. The molecule has 0 aliphatic rings. The van der Waals surface area contributed by atoms with Gasteiger partial charge in [-0.05, 0) is 11.1 Å². The van der Waals surface area contributed by atoms with Crippen molar-refractivity contribution in [2.24, 2.45) is 0 Å². The van der Waals surface area contributed by atoms with Crippen LogP contribution in [0.15, 0.2) is 36.7 Å². The van der Waals surface area contributed by atoms with E-state index in [1.54, 1.807) is 0 Å². The molecule has 1 aromatic heterocycles. The molecule has 0 fully saturated rings. The number of benzene rings is 1. The fourth-order valence-electron chi connectivity index (χ4n) is 1.97. The highest BCUT2D eigenvalue weighted by Crippen LogP contribution is 2.28. The minimum atomic E-state index is -4.35. The molecular weight excluding hydrogens is 279 g/mol. The lowest BCUT2D eigenvalue weighted by Crippen LogP contribution is -2.22. The van der Waals surface area contributed by atoms with Gasteiger partial charge >= 0.3 is 6.18 Å².